The predicted octanol–water partition coefficient (Wildman–Crippen LogP) is 3.35. The first-order chi connectivity index (χ1) is 15.8. The second-order valence-corrected chi connectivity index (χ2v) is 8.50. The van der Waals surface area contributed by atoms with Crippen molar-refractivity contribution in [1.29, 1.82) is 0 Å². The second kappa shape index (κ2) is 10.9. The summed E-state index contributed by atoms with van der Waals surface area (Å²) in [5.41, 5.74) is 2.23. The minimum Gasteiger partial charge on any atom is -0.315 e. The van der Waals surface area contributed by atoms with Crippen LogP contribution in [-0.2, 0) is 27.2 Å². The van der Waals surface area contributed by atoms with Gasteiger partial charge in [0.15, 0.2) is 0 Å². The molecule has 0 fully saturated rings. The van der Waals surface area contributed by atoms with Crippen LogP contribution in [0.25, 0.3) is 0 Å². The smallest absolute Gasteiger partial charge is 0.315 e. The number of anilines is 2. The molecular weight excluding hydrogens is 416 g/mol. The van der Waals surface area contributed by atoms with E-state index in [1.165, 1.54) is 0 Å². The van der Waals surface area contributed by atoms with Gasteiger partial charge in [-0.3, -0.25) is 9.59 Å². The number of carbonyl (C=O) groups is 2. The highest BCUT2D eigenvalue weighted by Crippen LogP contribution is 2.21. The molecule has 0 aliphatic rings. The monoisotopic (exact) mass is 452 g/mol. The molecular formula is C25H36N6O2+2. The van der Waals surface area contributed by atoms with Gasteiger partial charge in [0.1, 0.15) is 24.8 Å². The maximum Gasteiger partial charge on any atom is 0.348 e. The minimum absolute atomic E-state index is 0.176. The van der Waals surface area contributed by atoms with E-state index in [0.717, 1.165) is 44.3 Å². The largest absolute Gasteiger partial charge is 0.348 e. The van der Waals surface area contributed by atoms with Crippen LogP contribution in [-0.4, -0.2) is 20.9 Å². The van der Waals surface area contributed by atoms with Crippen molar-refractivity contribution in [1.82, 2.24) is 9.13 Å². The summed E-state index contributed by atoms with van der Waals surface area (Å²) in [4.78, 5) is 26.1. The van der Waals surface area contributed by atoms with Crippen molar-refractivity contribution >= 4 is 23.2 Å². The zero-order valence-electron chi connectivity index (χ0n) is 20.4. The Morgan fingerprint density at radius 3 is 1.88 bits per heavy atom. The number of hydrogen-bond donors (Lipinski definition) is 2. The highest BCUT2D eigenvalue weighted by Gasteiger charge is 2.25. The lowest BCUT2D eigenvalue weighted by molar-refractivity contribution is -0.673. The number of hydrogen-bond acceptors (Lipinski definition) is 2. The van der Waals surface area contributed by atoms with Crippen molar-refractivity contribution < 1.29 is 18.7 Å². The van der Waals surface area contributed by atoms with Crippen LogP contribution in [0.2, 0.25) is 0 Å². The van der Waals surface area contributed by atoms with Crippen molar-refractivity contribution in [3.8, 4) is 0 Å². The standard InChI is InChI=1S/C25H34N6O2/c1-6-8-12-30-16-14-28(4)24(30)22(32)26-20-11-10-19(3)21(18-20)27-23(33)25-29(5)15-17-31(25)13-9-7-2/h10-11,14-18H,6-9,12-13H2,1-5H3/p+2. The molecule has 0 atom stereocenters. The lowest BCUT2D eigenvalue weighted by Gasteiger charge is -2.11. The predicted molar refractivity (Wildman–Crippen MR) is 128 cm³/mol. The number of rotatable bonds is 10. The molecule has 8 heteroatoms. The maximum absolute atomic E-state index is 13.1. The Morgan fingerprint density at radius 2 is 1.36 bits per heavy atom. The summed E-state index contributed by atoms with van der Waals surface area (Å²) in [6.45, 7) is 7.79. The van der Waals surface area contributed by atoms with E-state index in [9.17, 15) is 9.59 Å². The highest BCUT2D eigenvalue weighted by molar-refractivity contribution is 6.03. The zero-order chi connectivity index (χ0) is 24.0. The first kappa shape index (κ1) is 24.2. The molecule has 2 aromatic heterocycles. The van der Waals surface area contributed by atoms with Crippen LogP contribution in [0.15, 0.2) is 43.0 Å². The minimum atomic E-state index is -0.181. The van der Waals surface area contributed by atoms with E-state index < -0.39 is 0 Å². The molecule has 3 rings (SSSR count). The summed E-state index contributed by atoms with van der Waals surface area (Å²) in [6, 6.07) is 5.56. The quantitative estimate of drug-likeness (QED) is 0.463. The Labute approximate surface area is 195 Å². The van der Waals surface area contributed by atoms with E-state index in [1.807, 2.05) is 82.3 Å². The molecule has 0 unspecified atom stereocenters. The van der Waals surface area contributed by atoms with Gasteiger partial charge in [-0.05, 0) is 37.5 Å². The fraction of sp³-hybridized carbons (Fsp3) is 0.440. The van der Waals surface area contributed by atoms with Gasteiger partial charge < -0.3 is 10.6 Å². The van der Waals surface area contributed by atoms with Gasteiger partial charge >= 0.3 is 23.5 Å². The molecule has 0 aliphatic heterocycles. The van der Waals surface area contributed by atoms with E-state index >= 15 is 0 Å². The normalized spacial score (nSPS) is 10.9. The molecule has 2 amide bonds. The number of benzene rings is 1. The van der Waals surface area contributed by atoms with Crippen molar-refractivity contribution in [3.05, 3.63) is 60.2 Å². The molecule has 0 aliphatic carbocycles. The third kappa shape index (κ3) is 5.69. The van der Waals surface area contributed by atoms with E-state index in [0.29, 0.717) is 23.0 Å². The molecule has 0 spiro atoms. The second-order valence-electron chi connectivity index (χ2n) is 8.50. The van der Waals surface area contributed by atoms with Crippen LogP contribution in [0.3, 0.4) is 0 Å². The van der Waals surface area contributed by atoms with Crippen LogP contribution < -0.4 is 19.8 Å². The van der Waals surface area contributed by atoms with Gasteiger partial charge in [-0.1, -0.05) is 32.8 Å². The van der Waals surface area contributed by atoms with Crippen LogP contribution in [0.4, 0.5) is 11.4 Å². The topological polar surface area (TPSA) is 75.8 Å². The summed E-state index contributed by atoms with van der Waals surface area (Å²) in [5, 5.41) is 6.01. The fourth-order valence-electron chi connectivity index (χ4n) is 3.85. The molecule has 3 aromatic rings. The number of amides is 2. The Morgan fingerprint density at radius 1 is 0.848 bits per heavy atom. The van der Waals surface area contributed by atoms with Crippen LogP contribution in [0.1, 0.15) is 66.3 Å². The lowest BCUT2D eigenvalue weighted by Crippen LogP contribution is -2.38. The molecule has 176 valence electrons. The summed E-state index contributed by atoms with van der Waals surface area (Å²) in [7, 11) is 3.74. The van der Waals surface area contributed by atoms with Gasteiger partial charge in [0.25, 0.3) is 0 Å². The molecule has 0 saturated heterocycles. The molecule has 1 aromatic carbocycles. The summed E-state index contributed by atoms with van der Waals surface area (Å²) in [5.74, 6) is 0.832. The van der Waals surface area contributed by atoms with E-state index in [4.69, 9.17) is 0 Å². The fourth-order valence-corrected chi connectivity index (χ4v) is 3.85. The average Bonchev–Trinajstić information content (AvgIpc) is 3.34. The molecule has 2 N–H and O–H groups in total. The number of carbonyl (C=O) groups excluding carboxylic acids is 2. The molecule has 33 heavy (non-hydrogen) atoms. The Kier molecular flexibility index (Phi) is 8.03. The Balaban J connectivity index is 1.78. The van der Waals surface area contributed by atoms with Gasteiger partial charge in [0.05, 0.1) is 27.2 Å². The molecule has 2 heterocycles. The van der Waals surface area contributed by atoms with E-state index in [-0.39, 0.29) is 11.8 Å². The summed E-state index contributed by atoms with van der Waals surface area (Å²) in [6.07, 6.45) is 11.8. The van der Waals surface area contributed by atoms with Crippen molar-refractivity contribution in [2.24, 2.45) is 14.1 Å². The average molecular weight is 453 g/mol. The number of unbranched alkanes of at least 4 members (excludes halogenated alkanes) is 2. The summed E-state index contributed by atoms with van der Waals surface area (Å²) < 4.78 is 7.60. The molecule has 0 bridgehead atoms. The van der Waals surface area contributed by atoms with Gasteiger partial charge in [0.2, 0.25) is 0 Å². The van der Waals surface area contributed by atoms with Crippen LogP contribution in [0.5, 0.6) is 0 Å². The maximum atomic E-state index is 13.1. The van der Waals surface area contributed by atoms with Gasteiger partial charge in [-0.15, -0.1) is 0 Å². The lowest BCUT2D eigenvalue weighted by atomic mass is 10.1. The number of nitrogens with one attached hydrogen (secondary N) is 2. The Hall–Kier alpha value is -3.42. The number of aromatic nitrogens is 4. The number of aryl methyl sites for hydroxylation is 5. The molecule has 0 radical (unpaired) electrons. The van der Waals surface area contributed by atoms with Crippen molar-refractivity contribution in [2.45, 2.75) is 59.5 Å². The van der Waals surface area contributed by atoms with Crippen molar-refractivity contribution in [3.63, 3.8) is 0 Å². The third-order valence-corrected chi connectivity index (χ3v) is 5.81. The van der Waals surface area contributed by atoms with Gasteiger partial charge in [-0.2, -0.15) is 0 Å². The third-order valence-electron chi connectivity index (χ3n) is 5.81. The Bertz CT molecular complexity index is 1130. The van der Waals surface area contributed by atoms with E-state index in [2.05, 4.69) is 24.5 Å². The number of imidazole rings is 2. The first-order valence-corrected chi connectivity index (χ1v) is 11.7. The first-order valence-electron chi connectivity index (χ1n) is 11.7. The SMILES string of the molecule is CCCCn1cc[n+](C)c1C(=O)Nc1ccc(C)c(NC(=O)c2n(CCCC)cc[n+]2C)c1. The van der Waals surface area contributed by atoms with Crippen LogP contribution in [0, 0.1) is 6.92 Å². The summed E-state index contributed by atoms with van der Waals surface area (Å²) >= 11 is 0. The molecule has 8 nitrogen and oxygen atoms in total. The number of nitrogens with zero attached hydrogens (tertiary/aromatic N) is 4. The zero-order valence-corrected chi connectivity index (χ0v) is 20.4. The van der Waals surface area contributed by atoms with Gasteiger partial charge in [-0.25, -0.2) is 18.3 Å². The highest BCUT2D eigenvalue weighted by atomic mass is 16.2. The van der Waals surface area contributed by atoms with Crippen molar-refractivity contribution in [2.75, 3.05) is 10.6 Å². The molecule has 0 saturated carbocycles. The van der Waals surface area contributed by atoms with Crippen LogP contribution >= 0.6 is 0 Å². The van der Waals surface area contributed by atoms with E-state index in [1.54, 1.807) is 0 Å². The van der Waals surface area contributed by atoms with Gasteiger partial charge in [0, 0.05) is 11.4 Å².